The Morgan fingerprint density at radius 3 is 2.83 bits per heavy atom. The average Bonchev–Trinajstić information content (AvgIpc) is 3.25. The van der Waals surface area contributed by atoms with Crippen molar-refractivity contribution in [2.75, 3.05) is 5.32 Å². The third kappa shape index (κ3) is 2.82. The molecule has 23 heavy (non-hydrogen) atoms. The zero-order chi connectivity index (χ0) is 16.0. The summed E-state index contributed by atoms with van der Waals surface area (Å²) in [5.74, 6) is -0.0195. The molecule has 1 amide bonds. The first-order valence-electron chi connectivity index (χ1n) is 8.62. The third-order valence-corrected chi connectivity index (χ3v) is 6.03. The summed E-state index contributed by atoms with van der Waals surface area (Å²) in [5.41, 5.74) is 4.26. The maximum atomic E-state index is 12.7. The second-order valence-electron chi connectivity index (χ2n) is 6.79. The van der Waals surface area contributed by atoms with E-state index in [2.05, 4.69) is 28.7 Å². The van der Waals surface area contributed by atoms with Gasteiger partial charge in [0.15, 0.2) is 5.13 Å². The van der Waals surface area contributed by atoms with E-state index in [1.807, 2.05) is 6.07 Å². The van der Waals surface area contributed by atoms with Gasteiger partial charge in [0.2, 0.25) is 0 Å². The van der Waals surface area contributed by atoms with Crippen molar-refractivity contribution in [3.8, 4) is 0 Å². The Bertz CT molecular complexity index is 731. The summed E-state index contributed by atoms with van der Waals surface area (Å²) in [5, 5.41) is 3.79. The second-order valence-corrected chi connectivity index (χ2v) is 7.87. The molecule has 0 atom stereocenters. The van der Waals surface area contributed by atoms with Crippen molar-refractivity contribution in [1.82, 2.24) is 9.55 Å². The first kappa shape index (κ1) is 14.9. The molecule has 0 bridgehead atoms. The van der Waals surface area contributed by atoms with Crippen LogP contribution in [0.15, 0.2) is 6.07 Å². The summed E-state index contributed by atoms with van der Waals surface area (Å²) in [6.45, 7) is 4.14. The summed E-state index contributed by atoms with van der Waals surface area (Å²) in [4.78, 5) is 18.7. The molecule has 0 radical (unpaired) electrons. The molecule has 1 N–H and O–H groups in total. The molecule has 2 aromatic heterocycles. The van der Waals surface area contributed by atoms with Gasteiger partial charge >= 0.3 is 0 Å². The lowest BCUT2D eigenvalue weighted by atomic mass is 10.2. The van der Waals surface area contributed by atoms with E-state index in [0.29, 0.717) is 6.04 Å². The topological polar surface area (TPSA) is 46.9 Å². The number of carbonyl (C=O) groups is 1. The van der Waals surface area contributed by atoms with Gasteiger partial charge in [-0.25, -0.2) is 4.98 Å². The Balaban J connectivity index is 1.55. The van der Waals surface area contributed by atoms with Gasteiger partial charge in [-0.3, -0.25) is 10.1 Å². The van der Waals surface area contributed by atoms with Crippen LogP contribution in [-0.4, -0.2) is 15.5 Å². The number of thiazole rings is 1. The number of hydrogen-bond donors (Lipinski definition) is 1. The predicted octanol–water partition coefficient (Wildman–Crippen LogP) is 4.42. The number of nitrogens with zero attached hydrogens (tertiary/aromatic N) is 2. The molecule has 2 aliphatic carbocycles. The number of fused-ring (bicyclic) bond motifs is 1. The van der Waals surface area contributed by atoms with E-state index >= 15 is 0 Å². The molecule has 1 saturated carbocycles. The van der Waals surface area contributed by atoms with Crippen LogP contribution in [0, 0.1) is 13.8 Å². The van der Waals surface area contributed by atoms with E-state index in [-0.39, 0.29) is 5.91 Å². The molecule has 122 valence electrons. The normalized spacial score (nSPS) is 17.7. The lowest BCUT2D eigenvalue weighted by Crippen LogP contribution is -2.13. The van der Waals surface area contributed by atoms with Crippen LogP contribution in [0.2, 0.25) is 0 Å². The summed E-state index contributed by atoms with van der Waals surface area (Å²) in [7, 11) is 0. The van der Waals surface area contributed by atoms with Gasteiger partial charge in [-0.05, 0) is 58.4 Å². The molecule has 0 aliphatic heterocycles. The molecule has 0 spiro atoms. The van der Waals surface area contributed by atoms with Crippen LogP contribution in [0.1, 0.15) is 70.5 Å². The van der Waals surface area contributed by atoms with Crippen LogP contribution < -0.4 is 5.32 Å². The molecule has 5 heteroatoms. The van der Waals surface area contributed by atoms with Crippen molar-refractivity contribution in [2.24, 2.45) is 0 Å². The summed E-state index contributed by atoms with van der Waals surface area (Å²) in [6.07, 6.45) is 8.37. The van der Waals surface area contributed by atoms with E-state index in [1.165, 1.54) is 48.4 Å². The minimum atomic E-state index is -0.0195. The number of rotatable bonds is 3. The van der Waals surface area contributed by atoms with Gasteiger partial charge < -0.3 is 4.57 Å². The van der Waals surface area contributed by atoms with E-state index < -0.39 is 0 Å². The molecular weight excluding hydrogens is 306 g/mol. The lowest BCUT2D eigenvalue weighted by Gasteiger charge is -2.07. The zero-order valence-electron chi connectivity index (χ0n) is 13.8. The molecule has 2 aromatic rings. The first-order valence-corrected chi connectivity index (χ1v) is 9.43. The average molecular weight is 329 g/mol. The molecule has 2 heterocycles. The Kier molecular flexibility index (Phi) is 3.76. The molecule has 1 fully saturated rings. The standard InChI is InChI=1S/C18H23N3OS/c1-11-10-14(12(2)21(11)13-8-9-13)17(22)20-18-19-15-6-4-3-5-7-16(15)23-18/h10,13H,3-9H2,1-2H3,(H,19,20,22). The highest BCUT2D eigenvalue weighted by Crippen LogP contribution is 2.38. The largest absolute Gasteiger partial charge is 0.345 e. The Morgan fingerprint density at radius 2 is 2.04 bits per heavy atom. The lowest BCUT2D eigenvalue weighted by molar-refractivity contribution is 0.102. The summed E-state index contributed by atoms with van der Waals surface area (Å²) in [6, 6.07) is 2.62. The number of carbonyl (C=O) groups excluding carboxylic acids is 1. The number of aromatic nitrogens is 2. The highest BCUT2D eigenvalue weighted by atomic mass is 32.1. The van der Waals surface area contributed by atoms with E-state index in [1.54, 1.807) is 11.3 Å². The van der Waals surface area contributed by atoms with Gasteiger partial charge in [-0.1, -0.05) is 6.42 Å². The highest BCUT2D eigenvalue weighted by Gasteiger charge is 2.28. The molecule has 2 aliphatic rings. The van der Waals surface area contributed by atoms with Crippen molar-refractivity contribution in [1.29, 1.82) is 0 Å². The maximum absolute atomic E-state index is 12.7. The van der Waals surface area contributed by atoms with Gasteiger partial charge in [0.05, 0.1) is 11.3 Å². The van der Waals surface area contributed by atoms with Crippen molar-refractivity contribution in [3.05, 3.63) is 33.6 Å². The minimum Gasteiger partial charge on any atom is -0.345 e. The van der Waals surface area contributed by atoms with Crippen molar-refractivity contribution < 1.29 is 4.79 Å². The SMILES string of the molecule is Cc1cc(C(=O)Nc2nc3c(s2)CCCCC3)c(C)n1C1CC1. The number of hydrogen-bond acceptors (Lipinski definition) is 3. The molecular formula is C18H23N3OS. The number of amides is 1. The predicted molar refractivity (Wildman–Crippen MR) is 93.5 cm³/mol. The van der Waals surface area contributed by atoms with Crippen LogP contribution >= 0.6 is 11.3 Å². The van der Waals surface area contributed by atoms with Gasteiger partial charge in [-0.2, -0.15) is 0 Å². The van der Waals surface area contributed by atoms with Crippen molar-refractivity contribution in [2.45, 2.75) is 64.8 Å². The van der Waals surface area contributed by atoms with Crippen LogP contribution in [0.3, 0.4) is 0 Å². The third-order valence-electron chi connectivity index (χ3n) is 4.96. The van der Waals surface area contributed by atoms with Gasteiger partial charge in [0.25, 0.3) is 5.91 Å². The van der Waals surface area contributed by atoms with E-state index in [0.717, 1.165) is 29.2 Å². The molecule has 4 rings (SSSR count). The molecule has 0 aromatic carbocycles. The smallest absolute Gasteiger partial charge is 0.259 e. The van der Waals surface area contributed by atoms with Crippen LogP contribution in [0.25, 0.3) is 0 Å². The number of aryl methyl sites for hydroxylation is 3. The van der Waals surface area contributed by atoms with Gasteiger partial charge in [0.1, 0.15) is 0 Å². The zero-order valence-corrected chi connectivity index (χ0v) is 14.6. The minimum absolute atomic E-state index is 0.0195. The Morgan fingerprint density at radius 1 is 1.26 bits per heavy atom. The van der Waals surface area contributed by atoms with Crippen LogP contribution in [-0.2, 0) is 12.8 Å². The summed E-state index contributed by atoms with van der Waals surface area (Å²) >= 11 is 1.66. The van der Waals surface area contributed by atoms with E-state index in [9.17, 15) is 4.79 Å². The fraction of sp³-hybridized carbons (Fsp3) is 0.556. The monoisotopic (exact) mass is 329 g/mol. The first-order chi connectivity index (χ1) is 11.1. The Labute approximate surface area is 140 Å². The number of anilines is 1. The van der Waals surface area contributed by atoms with Crippen LogP contribution in [0.4, 0.5) is 5.13 Å². The molecule has 4 nitrogen and oxygen atoms in total. The number of nitrogens with one attached hydrogen (secondary N) is 1. The quantitative estimate of drug-likeness (QED) is 0.848. The van der Waals surface area contributed by atoms with Gasteiger partial charge in [0, 0.05) is 22.3 Å². The fourth-order valence-corrected chi connectivity index (χ4v) is 4.69. The van der Waals surface area contributed by atoms with Crippen molar-refractivity contribution in [3.63, 3.8) is 0 Å². The summed E-state index contributed by atoms with van der Waals surface area (Å²) < 4.78 is 2.31. The van der Waals surface area contributed by atoms with Crippen LogP contribution in [0.5, 0.6) is 0 Å². The highest BCUT2D eigenvalue weighted by molar-refractivity contribution is 7.15. The van der Waals surface area contributed by atoms with E-state index in [4.69, 9.17) is 0 Å². The van der Waals surface area contributed by atoms with Crippen molar-refractivity contribution >= 4 is 22.4 Å². The van der Waals surface area contributed by atoms with Gasteiger partial charge in [-0.15, -0.1) is 11.3 Å². The molecule has 0 unspecified atom stereocenters. The second kappa shape index (κ2) is 5.78. The molecule has 0 saturated heterocycles. The fourth-order valence-electron chi connectivity index (χ4n) is 3.65. The maximum Gasteiger partial charge on any atom is 0.259 e. The Hall–Kier alpha value is -1.62.